The summed E-state index contributed by atoms with van der Waals surface area (Å²) in [7, 11) is 1.93. The molecule has 2 aromatic rings. The van der Waals surface area contributed by atoms with Gasteiger partial charge in [0.15, 0.2) is 5.82 Å². The van der Waals surface area contributed by atoms with Crippen LogP contribution in [0.5, 0.6) is 0 Å². The van der Waals surface area contributed by atoms with E-state index in [0.717, 1.165) is 35.0 Å². The lowest BCUT2D eigenvalue weighted by atomic mass is 10.2. The lowest BCUT2D eigenvalue weighted by Gasteiger charge is -1.95. The molecule has 0 aliphatic heterocycles. The Bertz CT molecular complexity index is 480. The van der Waals surface area contributed by atoms with Crippen molar-refractivity contribution >= 4 is 0 Å². The molecular weight excluding hydrogens is 190 g/mol. The van der Waals surface area contributed by atoms with E-state index >= 15 is 0 Å². The average molecular weight is 205 g/mol. The minimum Gasteiger partial charge on any atom is -0.272 e. The molecule has 1 N–H and O–H groups in total. The quantitative estimate of drug-likeness (QED) is 0.805. The highest BCUT2D eigenvalue weighted by Gasteiger charge is 2.15. The number of aromatic nitrogens is 5. The first-order chi connectivity index (χ1) is 7.13. The molecule has 0 aliphatic rings. The Kier molecular flexibility index (Phi) is 2.30. The van der Waals surface area contributed by atoms with Crippen molar-refractivity contribution in [1.82, 2.24) is 25.0 Å². The molecule has 0 radical (unpaired) electrons. The van der Waals surface area contributed by atoms with Crippen LogP contribution in [0.3, 0.4) is 0 Å². The van der Waals surface area contributed by atoms with Crippen LogP contribution in [0.1, 0.15) is 24.1 Å². The number of nitrogens with one attached hydrogen (secondary N) is 1. The molecule has 2 heterocycles. The van der Waals surface area contributed by atoms with Gasteiger partial charge in [-0.05, 0) is 13.8 Å². The van der Waals surface area contributed by atoms with Crippen molar-refractivity contribution in [2.24, 2.45) is 7.05 Å². The largest absolute Gasteiger partial charge is 0.272 e. The van der Waals surface area contributed by atoms with Crippen LogP contribution in [-0.4, -0.2) is 25.0 Å². The number of H-pyrrole nitrogens is 1. The van der Waals surface area contributed by atoms with Crippen LogP contribution in [0.15, 0.2) is 0 Å². The number of aromatic amines is 1. The Balaban J connectivity index is 2.53. The fraction of sp³-hybridized carbons (Fsp3) is 0.500. The number of nitrogens with zero attached hydrogens (tertiary/aromatic N) is 4. The highest BCUT2D eigenvalue weighted by atomic mass is 15.3. The van der Waals surface area contributed by atoms with Gasteiger partial charge in [-0.2, -0.15) is 10.2 Å². The van der Waals surface area contributed by atoms with Crippen molar-refractivity contribution in [2.75, 3.05) is 0 Å². The van der Waals surface area contributed by atoms with E-state index in [1.807, 2.05) is 32.5 Å². The zero-order valence-electron chi connectivity index (χ0n) is 9.50. The molecule has 0 aromatic carbocycles. The first kappa shape index (κ1) is 9.89. The first-order valence-corrected chi connectivity index (χ1v) is 5.05. The minimum absolute atomic E-state index is 0.745. The van der Waals surface area contributed by atoms with Crippen LogP contribution < -0.4 is 0 Å². The maximum Gasteiger partial charge on any atom is 0.184 e. The van der Waals surface area contributed by atoms with Crippen LogP contribution in [0, 0.1) is 13.8 Å². The van der Waals surface area contributed by atoms with Crippen molar-refractivity contribution in [2.45, 2.75) is 27.2 Å². The molecule has 80 valence electrons. The molecule has 2 aromatic heterocycles. The second kappa shape index (κ2) is 3.49. The van der Waals surface area contributed by atoms with E-state index in [1.54, 1.807) is 0 Å². The van der Waals surface area contributed by atoms with Gasteiger partial charge in [-0.1, -0.05) is 6.92 Å². The summed E-state index contributed by atoms with van der Waals surface area (Å²) in [6.45, 7) is 6.05. The van der Waals surface area contributed by atoms with Gasteiger partial charge in [-0.25, -0.2) is 4.98 Å². The summed E-state index contributed by atoms with van der Waals surface area (Å²) in [5, 5.41) is 11.5. The van der Waals surface area contributed by atoms with Crippen molar-refractivity contribution in [3.8, 4) is 11.4 Å². The second-order valence-corrected chi connectivity index (χ2v) is 3.63. The fourth-order valence-corrected chi connectivity index (χ4v) is 1.66. The molecule has 0 amide bonds. The summed E-state index contributed by atoms with van der Waals surface area (Å²) in [5.41, 5.74) is 3.10. The Morgan fingerprint density at radius 1 is 1.33 bits per heavy atom. The predicted molar refractivity (Wildman–Crippen MR) is 57.4 cm³/mol. The molecule has 0 aliphatic carbocycles. The van der Waals surface area contributed by atoms with Crippen LogP contribution in [0.25, 0.3) is 11.4 Å². The zero-order chi connectivity index (χ0) is 11.0. The summed E-state index contributed by atoms with van der Waals surface area (Å²) >= 11 is 0. The Morgan fingerprint density at radius 3 is 2.53 bits per heavy atom. The summed E-state index contributed by atoms with van der Waals surface area (Å²) in [6.07, 6.45) is 0.866. The summed E-state index contributed by atoms with van der Waals surface area (Å²) in [4.78, 5) is 4.41. The third kappa shape index (κ3) is 1.54. The molecule has 15 heavy (non-hydrogen) atoms. The Morgan fingerprint density at radius 2 is 2.07 bits per heavy atom. The second-order valence-electron chi connectivity index (χ2n) is 3.63. The minimum atomic E-state index is 0.745. The Hall–Kier alpha value is -1.65. The molecule has 0 fully saturated rings. The van der Waals surface area contributed by atoms with Crippen molar-refractivity contribution in [1.29, 1.82) is 0 Å². The fourth-order valence-electron chi connectivity index (χ4n) is 1.66. The van der Waals surface area contributed by atoms with Gasteiger partial charge in [0.25, 0.3) is 0 Å². The van der Waals surface area contributed by atoms with Crippen LogP contribution in [0.2, 0.25) is 0 Å². The van der Waals surface area contributed by atoms with Gasteiger partial charge in [-0.15, -0.1) is 0 Å². The highest BCUT2D eigenvalue weighted by molar-refractivity contribution is 5.60. The van der Waals surface area contributed by atoms with Crippen molar-refractivity contribution in [3.63, 3.8) is 0 Å². The van der Waals surface area contributed by atoms with Gasteiger partial charge in [0, 0.05) is 19.2 Å². The summed E-state index contributed by atoms with van der Waals surface area (Å²) in [5.74, 6) is 1.66. The molecular formula is C10H15N5. The monoisotopic (exact) mass is 205 g/mol. The van der Waals surface area contributed by atoms with E-state index in [9.17, 15) is 0 Å². The van der Waals surface area contributed by atoms with Crippen LogP contribution >= 0.6 is 0 Å². The third-order valence-corrected chi connectivity index (χ3v) is 2.60. The standard InChI is InChI=1S/C10H15N5/c1-5-8-11-10(13-12-8)9-6(2)14-15(4)7(9)3/h5H2,1-4H3,(H,11,12,13). The van der Waals surface area contributed by atoms with Gasteiger partial charge in [0.2, 0.25) is 0 Å². The summed E-state index contributed by atoms with van der Waals surface area (Å²) < 4.78 is 1.85. The highest BCUT2D eigenvalue weighted by Crippen LogP contribution is 2.22. The van der Waals surface area contributed by atoms with E-state index in [1.165, 1.54) is 0 Å². The van der Waals surface area contributed by atoms with Crippen LogP contribution in [-0.2, 0) is 13.5 Å². The molecule has 5 nitrogen and oxygen atoms in total. The van der Waals surface area contributed by atoms with Gasteiger partial charge >= 0.3 is 0 Å². The van der Waals surface area contributed by atoms with E-state index in [4.69, 9.17) is 0 Å². The van der Waals surface area contributed by atoms with Gasteiger partial charge < -0.3 is 0 Å². The lowest BCUT2D eigenvalue weighted by molar-refractivity contribution is 0.731. The zero-order valence-corrected chi connectivity index (χ0v) is 9.50. The van der Waals surface area contributed by atoms with E-state index in [0.29, 0.717) is 0 Å². The van der Waals surface area contributed by atoms with E-state index in [2.05, 4.69) is 20.3 Å². The molecule has 5 heteroatoms. The molecule has 0 saturated heterocycles. The lowest BCUT2D eigenvalue weighted by Crippen LogP contribution is -1.93. The number of hydrogen-bond donors (Lipinski definition) is 1. The molecule has 2 rings (SSSR count). The molecule has 0 spiro atoms. The molecule has 0 atom stereocenters. The number of rotatable bonds is 2. The van der Waals surface area contributed by atoms with Crippen LogP contribution in [0.4, 0.5) is 0 Å². The number of aryl methyl sites for hydroxylation is 3. The van der Waals surface area contributed by atoms with E-state index < -0.39 is 0 Å². The maximum atomic E-state index is 4.41. The predicted octanol–water partition coefficient (Wildman–Crippen LogP) is 1.38. The SMILES string of the molecule is CCc1nc(-c2c(C)nn(C)c2C)n[nH]1. The molecule has 0 unspecified atom stereocenters. The third-order valence-electron chi connectivity index (χ3n) is 2.60. The molecule has 0 bridgehead atoms. The molecule has 0 saturated carbocycles. The summed E-state index contributed by atoms with van der Waals surface area (Å²) in [6, 6.07) is 0. The normalized spacial score (nSPS) is 10.9. The Labute approximate surface area is 88.5 Å². The van der Waals surface area contributed by atoms with Gasteiger partial charge in [0.1, 0.15) is 5.82 Å². The topological polar surface area (TPSA) is 59.4 Å². The first-order valence-electron chi connectivity index (χ1n) is 5.05. The number of hydrogen-bond acceptors (Lipinski definition) is 3. The van der Waals surface area contributed by atoms with Crippen molar-refractivity contribution < 1.29 is 0 Å². The maximum absolute atomic E-state index is 4.41. The van der Waals surface area contributed by atoms with Gasteiger partial charge in [0.05, 0.1) is 11.3 Å². The van der Waals surface area contributed by atoms with E-state index in [-0.39, 0.29) is 0 Å². The van der Waals surface area contributed by atoms with Crippen molar-refractivity contribution in [3.05, 3.63) is 17.2 Å². The average Bonchev–Trinajstić information content (AvgIpc) is 2.74. The van der Waals surface area contributed by atoms with Gasteiger partial charge in [-0.3, -0.25) is 9.78 Å². The smallest absolute Gasteiger partial charge is 0.184 e.